The summed E-state index contributed by atoms with van der Waals surface area (Å²) in [6.07, 6.45) is -21.6. The fourth-order valence-electron chi connectivity index (χ4n) is 1.53. The molecule has 0 bridgehead atoms. The van der Waals surface area contributed by atoms with Crippen LogP contribution in [0.2, 0.25) is 0 Å². The maximum Gasteiger partial charge on any atom is 0.438 e. The third kappa shape index (κ3) is 4.53. The van der Waals surface area contributed by atoms with Gasteiger partial charge in [0.25, 0.3) is 0 Å². The molecule has 0 saturated carbocycles. The highest BCUT2D eigenvalue weighted by Crippen LogP contribution is 2.59. The third-order valence-electron chi connectivity index (χ3n) is 2.83. The molecule has 3 nitrogen and oxygen atoms in total. The van der Waals surface area contributed by atoms with Gasteiger partial charge in [0.05, 0.1) is 12.7 Å². The second kappa shape index (κ2) is 7.23. The summed E-state index contributed by atoms with van der Waals surface area (Å²) in [7, 11) is 0. The molecule has 14 heteroatoms. The first kappa shape index (κ1) is 23.8. The van der Waals surface area contributed by atoms with Gasteiger partial charge >= 0.3 is 29.9 Å². The number of hydrogen-bond donors (Lipinski definition) is 2. The molecular weight excluding hydrogens is 389 g/mol. The molecule has 0 saturated heterocycles. The van der Waals surface area contributed by atoms with Gasteiger partial charge in [-0.1, -0.05) is 6.58 Å². The Bertz CT molecular complexity index is 443. The fraction of sp³-hybridized carbons (Fsp3) is 0.818. The van der Waals surface area contributed by atoms with E-state index in [1.165, 1.54) is 0 Å². The Kier molecular flexibility index (Phi) is 6.90. The van der Waals surface area contributed by atoms with Crippen molar-refractivity contribution in [3.05, 3.63) is 12.7 Å². The molecule has 2 N–H and O–H groups in total. The van der Waals surface area contributed by atoms with E-state index in [1.54, 1.807) is 0 Å². The predicted molar refractivity (Wildman–Crippen MR) is 58.6 cm³/mol. The molecule has 0 heterocycles. The molecule has 0 aliphatic carbocycles. The van der Waals surface area contributed by atoms with Gasteiger partial charge in [0.15, 0.2) is 6.29 Å². The molecule has 2 atom stereocenters. The first-order valence-corrected chi connectivity index (χ1v) is 6.03. The molecule has 0 aromatic heterocycles. The predicted octanol–water partition coefficient (Wildman–Crippen LogP) is 3.36. The summed E-state index contributed by atoms with van der Waals surface area (Å²) in [6, 6.07) is 0. The van der Waals surface area contributed by atoms with E-state index in [-0.39, 0.29) is 0 Å². The number of hydrogen-bond acceptors (Lipinski definition) is 3. The second-order valence-electron chi connectivity index (χ2n) is 4.75. The van der Waals surface area contributed by atoms with E-state index in [0.29, 0.717) is 6.08 Å². The number of alkyl halides is 11. The summed E-state index contributed by atoms with van der Waals surface area (Å²) in [6.45, 7) is 1.52. The van der Waals surface area contributed by atoms with Crippen LogP contribution in [-0.4, -0.2) is 59.1 Å². The first-order chi connectivity index (χ1) is 10.8. The lowest BCUT2D eigenvalue weighted by Crippen LogP contribution is -2.70. The van der Waals surface area contributed by atoms with Crippen LogP contribution in [-0.2, 0) is 4.74 Å². The number of halogens is 11. The van der Waals surface area contributed by atoms with E-state index >= 15 is 0 Å². The summed E-state index contributed by atoms with van der Waals surface area (Å²) in [5.41, 5.74) is -7.57. The van der Waals surface area contributed by atoms with Crippen molar-refractivity contribution in [3.8, 4) is 0 Å². The molecule has 0 aliphatic rings. The quantitative estimate of drug-likeness (QED) is 0.373. The van der Waals surface area contributed by atoms with Crippen LogP contribution in [0.5, 0.6) is 0 Å². The zero-order chi connectivity index (χ0) is 20.5. The Labute approximate surface area is 132 Å². The van der Waals surface area contributed by atoms with Crippen molar-refractivity contribution in [2.75, 3.05) is 6.61 Å². The molecule has 0 rings (SSSR count). The lowest BCUT2D eigenvalue weighted by atomic mass is 9.88. The molecule has 0 aliphatic heterocycles. The van der Waals surface area contributed by atoms with Crippen LogP contribution in [0.4, 0.5) is 48.3 Å². The van der Waals surface area contributed by atoms with Crippen molar-refractivity contribution in [3.63, 3.8) is 0 Å². The third-order valence-corrected chi connectivity index (χ3v) is 2.83. The van der Waals surface area contributed by atoms with Crippen molar-refractivity contribution in [1.82, 2.24) is 0 Å². The van der Waals surface area contributed by atoms with E-state index in [4.69, 9.17) is 10.2 Å². The topological polar surface area (TPSA) is 49.7 Å². The summed E-state index contributed by atoms with van der Waals surface area (Å²) in [5, 5.41) is 17.8. The van der Waals surface area contributed by atoms with E-state index in [9.17, 15) is 48.3 Å². The molecule has 150 valence electrons. The standard InChI is InChI=1S/C11H11F11O3/c1-2-6(24)25-4-5(23)3-7(12,13)9(15,16)8(14,10(17,18)19)11(20,21)22/h2,5-6,23-24H,1,3-4H2. The lowest BCUT2D eigenvalue weighted by molar-refractivity contribution is -0.428. The monoisotopic (exact) mass is 400 g/mol. The van der Waals surface area contributed by atoms with E-state index in [1.807, 2.05) is 0 Å². The van der Waals surface area contributed by atoms with Gasteiger partial charge in [0.2, 0.25) is 0 Å². The smallest absolute Gasteiger partial charge is 0.390 e. The van der Waals surface area contributed by atoms with Crippen molar-refractivity contribution in [2.45, 2.75) is 48.7 Å². The van der Waals surface area contributed by atoms with Gasteiger partial charge in [-0.15, -0.1) is 0 Å². The summed E-state index contributed by atoms with van der Waals surface area (Å²) < 4.78 is 144. The van der Waals surface area contributed by atoms with Gasteiger partial charge in [-0.25, -0.2) is 4.39 Å². The van der Waals surface area contributed by atoms with Gasteiger partial charge in [0.1, 0.15) is 0 Å². The number of rotatable bonds is 8. The minimum atomic E-state index is -7.57. The van der Waals surface area contributed by atoms with Crippen LogP contribution in [0.3, 0.4) is 0 Å². The van der Waals surface area contributed by atoms with Crippen LogP contribution in [0, 0.1) is 0 Å². The van der Waals surface area contributed by atoms with Crippen molar-refractivity contribution < 1.29 is 63.2 Å². The average molecular weight is 400 g/mol. The highest BCUT2D eigenvalue weighted by molar-refractivity contribution is 5.11. The Morgan fingerprint density at radius 3 is 1.56 bits per heavy atom. The maximum absolute atomic E-state index is 13.3. The molecule has 0 aromatic carbocycles. The highest BCUT2D eigenvalue weighted by Gasteiger charge is 2.89. The zero-order valence-electron chi connectivity index (χ0n) is 11.8. The Morgan fingerprint density at radius 1 is 0.840 bits per heavy atom. The largest absolute Gasteiger partial charge is 0.438 e. The maximum atomic E-state index is 13.3. The van der Waals surface area contributed by atoms with E-state index in [2.05, 4.69) is 11.3 Å². The minimum Gasteiger partial charge on any atom is -0.390 e. The lowest BCUT2D eigenvalue weighted by Gasteiger charge is -2.40. The Morgan fingerprint density at radius 2 is 1.24 bits per heavy atom. The van der Waals surface area contributed by atoms with Crippen molar-refractivity contribution >= 4 is 0 Å². The number of aliphatic hydroxyl groups excluding tert-OH is 2. The molecule has 0 aromatic rings. The van der Waals surface area contributed by atoms with Crippen LogP contribution < -0.4 is 0 Å². The average Bonchev–Trinajstić information content (AvgIpc) is 2.40. The molecule has 0 spiro atoms. The van der Waals surface area contributed by atoms with Gasteiger partial charge in [-0.05, 0) is 6.08 Å². The molecule has 2 unspecified atom stereocenters. The fourth-order valence-corrected chi connectivity index (χ4v) is 1.53. The minimum absolute atomic E-state index is 0.624. The normalized spacial score (nSPS) is 17.3. The van der Waals surface area contributed by atoms with E-state index < -0.39 is 55.3 Å². The summed E-state index contributed by atoms with van der Waals surface area (Å²) >= 11 is 0. The molecule has 25 heavy (non-hydrogen) atoms. The SMILES string of the molecule is C=CC(O)OCC(O)CC(F)(F)C(F)(F)C(F)(C(F)(F)F)C(F)(F)F. The van der Waals surface area contributed by atoms with Crippen LogP contribution in [0.1, 0.15) is 6.42 Å². The van der Waals surface area contributed by atoms with Crippen molar-refractivity contribution in [1.29, 1.82) is 0 Å². The van der Waals surface area contributed by atoms with E-state index in [0.717, 1.165) is 0 Å². The van der Waals surface area contributed by atoms with Gasteiger partial charge in [-0.3, -0.25) is 0 Å². The molecule has 0 radical (unpaired) electrons. The number of ether oxygens (including phenoxy) is 1. The second-order valence-corrected chi connectivity index (χ2v) is 4.75. The van der Waals surface area contributed by atoms with Gasteiger partial charge in [0, 0.05) is 6.42 Å². The van der Waals surface area contributed by atoms with Crippen LogP contribution in [0.15, 0.2) is 12.7 Å². The van der Waals surface area contributed by atoms with Crippen LogP contribution >= 0.6 is 0 Å². The molecule has 0 amide bonds. The summed E-state index contributed by atoms with van der Waals surface area (Å²) in [4.78, 5) is 0. The van der Waals surface area contributed by atoms with Gasteiger partial charge < -0.3 is 14.9 Å². The van der Waals surface area contributed by atoms with Gasteiger partial charge in [-0.2, -0.15) is 43.9 Å². The Balaban J connectivity index is 5.66. The Hall–Kier alpha value is -1.15. The van der Waals surface area contributed by atoms with Crippen molar-refractivity contribution in [2.24, 2.45) is 0 Å². The molecular formula is C11H11F11O3. The zero-order valence-corrected chi connectivity index (χ0v) is 11.8. The number of aliphatic hydroxyl groups is 2. The first-order valence-electron chi connectivity index (χ1n) is 6.03. The molecule has 0 fully saturated rings. The highest BCUT2D eigenvalue weighted by atomic mass is 19.4. The van der Waals surface area contributed by atoms with Crippen LogP contribution in [0.25, 0.3) is 0 Å². The summed E-state index contributed by atoms with van der Waals surface area (Å²) in [5.74, 6) is -13.6.